The van der Waals surface area contributed by atoms with E-state index < -0.39 is 23.8 Å². The minimum absolute atomic E-state index is 0.0533. The van der Waals surface area contributed by atoms with Crippen LogP contribution < -0.4 is 10.8 Å². The van der Waals surface area contributed by atoms with Crippen molar-refractivity contribution in [1.29, 1.82) is 0 Å². The normalized spacial score (nSPS) is 36.0. The van der Waals surface area contributed by atoms with Crippen molar-refractivity contribution in [2.75, 3.05) is 6.61 Å². The lowest BCUT2D eigenvalue weighted by Crippen LogP contribution is -2.48. The molecule has 0 bridgehead atoms. The zero-order valence-electron chi connectivity index (χ0n) is 27.1. The molecule has 5 rings (SSSR count). The van der Waals surface area contributed by atoms with Gasteiger partial charge in [0, 0.05) is 12.1 Å². The lowest BCUT2D eigenvalue weighted by atomic mass is 9.69. The van der Waals surface area contributed by atoms with Crippen LogP contribution in [0.2, 0.25) is 0 Å². The lowest BCUT2D eigenvalue weighted by molar-refractivity contribution is -0.150. The minimum Gasteiger partial charge on any atom is -0.481 e. The molecule has 0 aromatic heterocycles. The highest BCUT2D eigenvalue weighted by molar-refractivity contribution is 5.85. The van der Waals surface area contributed by atoms with Crippen molar-refractivity contribution in [1.82, 2.24) is 10.8 Å². The molecule has 0 aliphatic heterocycles. The minimum atomic E-state index is -0.824. The van der Waals surface area contributed by atoms with E-state index in [2.05, 4.69) is 10.8 Å². The molecule has 0 saturated heterocycles. The van der Waals surface area contributed by atoms with Gasteiger partial charge in [-0.25, -0.2) is 0 Å². The number of hydrogen-bond donors (Lipinski definition) is 4. The zero-order chi connectivity index (χ0) is 30.9. The third-order valence-electron chi connectivity index (χ3n) is 12.4. The average molecular weight is 617 g/mol. The van der Waals surface area contributed by atoms with E-state index in [1.807, 2.05) is 0 Å². The van der Waals surface area contributed by atoms with Crippen LogP contribution in [-0.4, -0.2) is 46.7 Å². The lowest BCUT2D eigenvalue weighted by Gasteiger charge is -2.37. The maximum absolute atomic E-state index is 13.4. The van der Waals surface area contributed by atoms with Gasteiger partial charge in [-0.1, -0.05) is 64.2 Å². The molecule has 8 heteroatoms. The van der Waals surface area contributed by atoms with E-state index >= 15 is 0 Å². The van der Waals surface area contributed by atoms with Crippen LogP contribution in [0.1, 0.15) is 141 Å². The van der Waals surface area contributed by atoms with Crippen LogP contribution in [0.5, 0.6) is 0 Å². The summed E-state index contributed by atoms with van der Waals surface area (Å²) in [6, 6.07) is 0.262. The molecule has 4 N–H and O–H groups in total. The molecule has 0 radical (unpaired) electrons. The first-order valence-corrected chi connectivity index (χ1v) is 18.5. The predicted octanol–water partition coefficient (Wildman–Crippen LogP) is 7.11. The van der Waals surface area contributed by atoms with Crippen molar-refractivity contribution in [2.45, 2.75) is 153 Å². The fraction of sp³-hybridized carbons (Fsp3) is 0.917. The molecule has 44 heavy (non-hydrogen) atoms. The molecule has 5 aliphatic carbocycles. The highest BCUT2D eigenvalue weighted by Gasteiger charge is 2.41. The second-order valence-electron chi connectivity index (χ2n) is 15.6. The fourth-order valence-corrected chi connectivity index (χ4v) is 9.87. The van der Waals surface area contributed by atoms with E-state index in [-0.39, 0.29) is 29.8 Å². The topological polar surface area (TPSA) is 125 Å². The van der Waals surface area contributed by atoms with Crippen LogP contribution in [0.3, 0.4) is 0 Å². The molecule has 0 spiro atoms. The van der Waals surface area contributed by atoms with Gasteiger partial charge in [-0.15, -0.1) is 0 Å². The Morgan fingerprint density at radius 2 is 1.07 bits per heavy atom. The first-order valence-electron chi connectivity index (χ1n) is 18.5. The quantitative estimate of drug-likeness (QED) is 0.172. The van der Waals surface area contributed by atoms with Gasteiger partial charge in [0.25, 0.3) is 0 Å². The van der Waals surface area contributed by atoms with Crippen LogP contribution in [-0.2, 0) is 19.2 Å². The Morgan fingerprint density at radius 1 is 0.545 bits per heavy atom. The number of rotatable bonds is 12. The van der Waals surface area contributed by atoms with Crippen LogP contribution >= 0.6 is 0 Å². The smallest absolute Gasteiger partial charge is 0.307 e. The van der Waals surface area contributed by atoms with Gasteiger partial charge in [0.15, 0.2) is 0 Å². The number of carboxylic acids is 2. The third kappa shape index (κ3) is 9.67. The Hall–Kier alpha value is -1.67. The summed E-state index contributed by atoms with van der Waals surface area (Å²) in [5.74, 6) is -0.166. The fourth-order valence-electron chi connectivity index (χ4n) is 9.87. The van der Waals surface area contributed by atoms with E-state index in [1.54, 1.807) is 0 Å². The standard InChI is InChI=1S/C36H60N2O6/c39-34(33-22-27(12-18-32(33)36(42)43)20-25-9-5-2-6-10-25)37-29-13-15-30(16-14-29)38-44-23-28-21-26(11-17-31(28)35(40)41)19-24-7-3-1-4-8-24/h24-33,38H,1-23H2,(H,37,39)(H,40,41)(H,42,43). The molecule has 0 aromatic rings. The summed E-state index contributed by atoms with van der Waals surface area (Å²) in [4.78, 5) is 43.4. The Labute approximate surface area is 265 Å². The van der Waals surface area contributed by atoms with Gasteiger partial charge in [-0.05, 0) is 107 Å². The summed E-state index contributed by atoms with van der Waals surface area (Å²) in [5, 5.41) is 23.0. The molecule has 0 aromatic carbocycles. The van der Waals surface area contributed by atoms with Crippen molar-refractivity contribution in [3.8, 4) is 0 Å². The summed E-state index contributed by atoms with van der Waals surface area (Å²) in [5.41, 5.74) is 3.24. The molecule has 6 unspecified atom stereocenters. The molecule has 250 valence electrons. The summed E-state index contributed by atoms with van der Waals surface area (Å²) < 4.78 is 0. The largest absolute Gasteiger partial charge is 0.481 e. The maximum atomic E-state index is 13.4. The van der Waals surface area contributed by atoms with Crippen LogP contribution in [0.25, 0.3) is 0 Å². The highest BCUT2D eigenvalue weighted by atomic mass is 16.6. The third-order valence-corrected chi connectivity index (χ3v) is 12.4. The number of nitrogens with one attached hydrogen (secondary N) is 2. The molecular weight excluding hydrogens is 556 g/mol. The van der Waals surface area contributed by atoms with Gasteiger partial charge in [0.05, 0.1) is 24.4 Å². The van der Waals surface area contributed by atoms with Gasteiger partial charge < -0.3 is 20.4 Å². The maximum Gasteiger partial charge on any atom is 0.307 e. The van der Waals surface area contributed by atoms with E-state index in [9.17, 15) is 24.6 Å². The van der Waals surface area contributed by atoms with Crippen molar-refractivity contribution < 1.29 is 29.4 Å². The first-order chi connectivity index (χ1) is 21.4. The van der Waals surface area contributed by atoms with Crippen molar-refractivity contribution in [2.24, 2.45) is 47.3 Å². The average Bonchev–Trinajstić information content (AvgIpc) is 3.03. The second kappa shape index (κ2) is 16.8. The number of carbonyl (C=O) groups is 3. The highest BCUT2D eigenvalue weighted by Crippen LogP contribution is 2.42. The predicted molar refractivity (Wildman–Crippen MR) is 170 cm³/mol. The Kier molecular flexibility index (Phi) is 12.8. The number of hydrogen-bond acceptors (Lipinski definition) is 5. The van der Waals surface area contributed by atoms with Crippen LogP contribution in [0, 0.1) is 47.3 Å². The summed E-state index contributed by atoms with van der Waals surface area (Å²) >= 11 is 0. The van der Waals surface area contributed by atoms with Crippen LogP contribution in [0.4, 0.5) is 0 Å². The number of aliphatic carboxylic acids is 2. The molecule has 5 saturated carbocycles. The molecule has 1 amide bonds. The Bertz CT molecular complexity index is 924. The van der Waals surface area contributed by atoms with Gasteiger partial charge >= 0.3 is 11.9 Å². The Morgan fingerprint density at radius 3 is 1.64 bits per heavy atom. The molecule has 0 heterocycles. The van der Waals surface area contributed by atoms with Crippen molar-refractivity contribution >= 4 is 17.8 Å². The molecule has 5 aliphatic rings. The first kappa shape index (κ1) is 33.7. The zero-order valence-corrected chi connectivity index (χ0v) is 27.1. The molecule has 6 atom stereocenters. The number of hydroxylamine groups is 1. The van der Waals surface area contributed by atoms with Gasteiger partial charge in [0.1, 0.15) is 0 Å². The van der Waals surface area contributed by atoms with Crippen LogP contribution in [0.15, 0.2) is 0 Å². The number of carboxylic acid groups (broad SMARTS) is 2. The monoisotopic (exact) mass is 616 g/mol. The van der Waals surface area contributed by atoms with Gasteiger partial charge in [0.2, 0.25) is 5.91 Å². The Balaban J connectivity index is 1.03. The van der Waals surface area contributed by atoms with E-state index in [0.717, 1.165) is 69.6 Å². The molecule has 8 nitrogen and oxygen atoms in total. The van der Waals surface area contributed by atoms with Crippen molar-refractivity contribution in [3.63, 3.8) is 0 Å². The molecule has 5 fully saturated rings. The van der Waals surface area contributed by atoms with E-state index in [0.29, 0.717) is 31.3 Å². The second-order valence-corrected chi connectivity index (χ2v) is 15.6. The summed E-state index contributed by atoms with van der Waals surface area (Å²) in [6.45, 7) is 0.440. The van der Waals surface area contributed by atoms with Crippen molar-refractivity contribution in [3.05, 3.63) is 0 Å². The summed E-state index contributed by atoms with van der Waals surface area (Å²) in [6.07, 6.45) is 24.1. The van der Waals surface area contributed by atoms with Gasteiger partial charge in [-0.2, -0.15) is 5.48 Å². The van der Waals surface area contributed by atoms with E-state index in [1.165, 1.54) is 70.6 Å². The SMILES string of the molecule is O=C(O)C1CCC(CC2CCCCC2)CC1CONC1CCC(NC(=O)C2CC(CC3CCCCC3)CCC2C(=O)O)CC1. The number of carbonyl (C=O) groups excluding carboxylic acids is 1. The molecular formula is C36H60N2O6. The van der Waals surface area contributed by atoms with Gasteiger partial charge in [-0.3, -0.25) is 14.4 Å². The summed E-state index contributed by atoms with van der Waals surface area (Å²) in [7, 11) is 0. The van der Waals surface area contributed by atoms with E-state index in [4.69, 9.17) is 4.84 Å². The number of amides is 1.